The molecule has 0 saturated heterocycles. The Balaban J connectivity index is 1.83. The lowest BCUT2D eigenvalue weighted by molar-refractivity contribution is 0.0943. The molecule has 5 heteroatoms. The third-order valence-corrected chi connectivity index (χ3v) is 4.28. The molecule has 18 heavy (non-hydrogen) atoms. The molecule has 2 N–H and O–H groups in total. The van der Waals surface area contributed by atoms with Crippen LogP contribution < -0.4 is 10.9 Å². The van der Waals surface area contributed by atoms with Crippen LogP contribution in [-0.4, -0.2) is 22.3 Å². The summed E-state index contributed by atoms with van der Waals surface area (Å²) in [5.74, 6) is 0.395. The van der Waals surface area contributed by atoms with Gasteiger partial charge in [-0.2, -0.15) is 0 Å². The van der Waals surface area contributed by atoms with Crippen LogP contribution >= 0.6 is 15.9 Å². The lowest BCUT2D eigenvalue weighted by Crippen LogP contribution is -2.31. The molecule has 0 spiro atoms. The fraction of sp³-hybridized carbons (Fsp3) is 0.538. The molecule has 1 fully saturated rings. The zero-order valence-corrected chi connectivity index (χ0v) is 11.7. The summed E-state index contributed by atoms with van der Waals surface area (Å²) in [6, 6.07) is 2.94. The van der Waals surface area contributed by atoms with Gasteiger partial charge >= 0.3 is 0 Å². The summed E-state index contributed by atoms with van der Waals surface area (Å²) in [5, 5.41) is 2.90. The average molecular weight is 313 g/mol. The number of rotatable bonds is 3. The van der Waals surface area contributed by atoms with E-state index in [4.69, 9.17) is 0 Å². The van der Waals surface area contributed by atoms with Crippen molar-refractivity contribution in [2.45, 2.75) is 30.5 Å². The first kappa shape index (κ1) is 13.3. The van der Waals surface area contributed by atoms with Crippen molar-refractivity contribution < 1.29 is 4.79 Å². The molecule has 0 bridgehead atoms. The molecule has 0 radical (unpaired) electrons. The maximum atomic E-state index is 11.8. The number of aromatic nitrogens is 1. The first-order valence-electron chi connectivity index (χ1n) is 6.26. The second-order valence-electron chi connectivity index (χ2n) is 4.77. The second kappa shape index (κ2) is 6.18. The zero-order chi connectivity index (χ0) is 13.0. The average Bonchev–Trinajstić information content (AvgIpc) is 2.38. The van der Waals surface area contributed by atoms with Crippen molar-refractivity contribution in [2.24, 2.45) is 5.92 Å². The smallest absolute Gasteiger partial charge is 0.251 e. The van der Waals surface area contributed by atoms with Crippen molar-refractivity contribution in [3.8, 4) is 0 Å². The van der Waals surface area contributed by atoms with Crippen molar-refractivity contribution in [3.05, 3.63) is 34.2 Å². The number of nitrogens with one attached hydrogen (secondary N) is 2. The van der Waals surface area contributed by atoms with Crippen LogP contribution in [0.4, 0.5) is 0 Å². The third-order valence-electron chi connectivity index (χ3n) is 3.36. The third kappa shape index (κ3) is 3.70. The van der Waals surface area contributed by atoms with E-state index in [0.717, 1.165) is 12.8 Å². The largest absolute Gasteiger partial charge is 0.352 e. The predicted octanol–water partition coefficient (Wildman–Crippen LogP) is 2.06. The standard InChI is InChI=1S/C13H17BrN2O2/c14-11-3-1-9(2-4-11)8-16-13(18)10-5-6-15-12(17)7-10/h5-7,9,11H,1-4,8H2,(H,15,17)(H,16,18). The second-order valence-corrected chi connectivity index (χ2v) is 6.06. The van der Waals surface area contributed by atoms with E-state index in [1.165, 1.54) is 25.1 Å². The van der Waals surface area contributed by atoms with Crippen LogP contribution in [-0.2, 0) is 0 Å². The van der Waals surface area contributed by atoms with Crippen molar-refractivity contribution in [3.63, 3.8) is 0 Å². The van der Waals surface area contributed by atoms with Crippen LogP contribution in [0.25, 0.3) is 0 Å². The Morgan fingerprint density at radius 2 is 2.11 bits per heavy atom. The Morgan fingerprint density at radius 3 is 2.78 bits per heavy atom. The predicted molar refractivity (Wildman–Crippen MR) is 74.1 cm³/mol. The Morgan fingerprint density at radius 1 is 1.39 bits per heavy atom. The summed E-state index contributed by atoms with van der Waals surface area (Å²) in [5.41, 5.74) is 0.176. The van der Waals surface area contributed by atoms with E-state index in [0.29, 0.717) is 22.9 Å². The van der Waals surface area contributed by atoms with Gasteiger partial charge in [-0.3, -0.25) is 9.59 Å². The minimum absolute atomic E-state index is 0.165. The number of amides is 1. The maximum Gasteiger partial charge on any atom is 0.251 e. The number of hydrogen-bond acceptors (Lipinski definition) is 2. The number of H-pyrrole nitrogens is 1. The number of carbonyl (C=O) groups excluding carboxylic acids is 1. The fourth-order valence-electron chi connectivity index (χ4n) is 2.25. The number of pyridine rings is 1. The Labute approximate surface area is 114 Å². The van der Waals surface area contributed by atoms with E-state index in [1.54, 1.807) is 6.07 Å². The highest BCUT2D eigenvalue weighted by Crippen LogP contribution is 2.28. The normalized spacial score (nSPS) is 23.6. The van der Waals surface area contributed by atoms with E-state index >= 15 is 0 Å². The SMILES string of the molecule is O=C(NCC1CCC(Br)CC1)c1cc[nH]c(=O)c1. The van der Waals surface area contributed by atoms with Gasteiger partial charge in [0.2, 0.25) is 5.56 Å². The quantitative estimate of drug-likeness (QED) is 0.839. The summed E-state index contributed by atoms with van der Waals surface area (Å²) in [7, 11) is 0. The van der Waals surface area contributed by atoms with E-state index in [1.807, 2.05) is 0 Å². The molecule has 1 amide bonds. The van der Waals surface area contributed by atoms with Gasteiger partial charge in [0.1, 0.15) is 0 Å². The molecule has 0 aromatic carbocycles. The Hall–Kier alpha value is -1.10. The number of alkyl halides is 1. The summed E-state index contributed by atoms with van der Waals surface area (Å²) < 4.78 is 0. The highest BCUT2D eigenvalue weighted by molar-refractivity contribution is 9.09. The molecule has 1 aliphatic rings. The summed E-state index contributed by atoms with van der Waals surface area (Å²) in [6.07, 6.45) is 6.13. The van der Waals surface area contributed by atoms with E-state index < -0.39 is 0 Å². The van der Waals surface area contributed by atoms with Gasteiger partial charge in [0, 0.05) is 29.2 Å². The van der Waals surface area contributed by atoms with Gasteiger partial charge in [-0.05, 0) is 37.7 Å². The molecule has 2 rings (SSSR count). The molecule has 0 unspecified atom stereocenters. The topological polar surface area (TPSA) is 62.0 Å². The molecular weight excluding hydrogens is 296 g/mol. The molecule has 4 nitrogen and oxygen atoms in total. The lowest BCUT2D eigenvalue weighted by atomic mass is 9.89. The fourth-order valence-corrected chi connectivity index (χ4v) is 2.78. The molecule has 1 aromatic rings. The van der Waals surface area contributed by atoms with E-state index in [2.05, 4.69) is 26.2 Å². The molecule has 1 saturated carbocycles. The molecule has 0 atom stereocenters. The summed E-state index contributed by atoms with van der Waals surface area (Å²) >= 11 is 3.61. The Kier molecular flexibility index (Phi) is 4.58. The lowest BCUT2D eigenvalue weighted by Gasteiger charge is -2.25. The van der Waals surface area contributed by atoms with Crippen LogP contribution in [0.1, 0.15) is 36.0 Å². The van der Waals surface area contributed by atoms with Gasteiger partial charge in [0.25, 0.3) is 5.91 Å². The first-order chi connectivity index (χ1) is 8.65. The maximum absolute atomic E-state index is 11.8. The van der Waals surface area contributed by atoms with Crippen LogP contribution in [0.15, 0.2) is 23.1 Å². The van der Waals surface area contributed by atoms with Crippen LogP contribution in [0.2, 0.25) is 0 Å². The van der Waals surface area contributed by atoms with Crippen molar-refractivity contribution in [2.75, 3.05) is 6.54 Å². The van der Waals surface area contributed by atoms with Gasteiger partial charge in [-0.15, -0.1) is 0 Å². The highest BCUT2D eigenvalue weighted by Gasteiger charge is 2.19. The minimum atomic E-state index is -0.248. The summed E-state index contributed by atoms with van der Waals surface area (Å²) in [6.45, 7) is 0.700. The zero-order valence-electron chi connectivity index (χ0n) is 10.1. The molecular formula is C13H17BrN2O2. The first-order valence-corrected chi connectivity index (χ1v) is 7.17. The Bertz CT molecular complexity index is 464. The number of halogens is 1. The van der Waals surface area contributed by atoms with Crippen molar-refractivity contribution in [1.29, 1.82) is 0 Å². The monoisotopic (exact) mass is 312 g/mol. The van der Waals surface area contributed by atoms with E-state index in [-0.39, 0.29) is 11.5 Å². The van der Waals surface area contributed by atoms with Gasteiger partial charge in [0.15, 0.2) is 0 Å². The highest BCUT2D eigenvalue weighted by atomic mass is 79.9. The van der Waals surface area contributed by atoms with Crippen molar-refractivity contribution >= 4 is 21.8 Å². The van der Waals surface area contributed by atoms with Gasteiger partial charge < -0.3 is 10.3 Å². The van der Waals surface area contributed by atoms with Crippen molar-refractivity contribution in [1.82, 2.24) is 10.3 Å². The molecule has 1 heterocycles. The van der Waals surface area contributed by atoms with Crippen LogP contribution in [0.5, 0.6) is 0 Å². The number of hydrogen-bond donors (Lipinski definition) is 2. The minimum Gasteiger partial charge on any atom is -0.352 e. The van der Waals surface area contributed by atoms with Gasteiger partial charge in [-0.1, -0.05) is 15.9 Å². The molecule has 1 aromatic heterocycles. The molecule has 1 aliphatic carbocycles. The van der Waals surface area contributed by atoms with E-state index in [9.17, 15) is 9.59 Å². The number of aromatic amines is 1. The van der Waals surface area contributed by atoms with Crippen LogP contribution in [0.3, 0.4) is 0 Å². The van der Waals surface area contributed by atoms with Gasteiger partial charge in [0.05, 0.1) is 0 Å². The molecule has 98 valence electrons. The number of carbonyl (C=O) groups is 1. The van der Waals surface area contributed by atoms with Crippen LogP contribution in [0, 0.1) is 5.92 Å². The molecule has 0 aliphatic heterocycles. The van der Waals surface area contributed by atoms with Gasteiger partial charge in [-0.25, -0.2) is 0 Å². The summed E-state index contributed by atoms with van der Waals surface area (Å²) in [4.78, 5) is 26.1.